The molecule has 0 radical (unpaired) electrons. The number of hydrogen-bond acceptors (Lipinski definition) is 4. The standard InChI is InChI=1S/C19H21F4N3O/c1-17(21)11-19(22,23)18(2,25-16(17)24)14-9-12(6-7-15(14)20)26-8-4-5-13(10-26)27-3/h4-7,9-10H,8,11H2,1-3H3,(H2,24,25)/t17-,18+/m0/s1. The second-order valence-corrected chi connectivity index (χ2v) is 7.10. The zero-order chi connectivity index (χ0) is 20.0. The number of nitrogens with two attached hydrogens (primary N) is 1. The van der Waals surface area contributed by atoms with E-state index in [1.807, 2.05) is 6.08 Å². The lowest BCUT2D eigenvalue weighted by molar-refractivity contribution is -0.106. The van der Waals surface area contributed by atoms with Crippen molar-refractivity contribution in [1.82, 2.24) is 0 Å². The molecule has 2 N–H and O–H groups in total. The lowest BCUT2D eigenvalue weighted by atomic mass is 9.77. The quantitative estimate of drug-likeness (QED) is 0.802. The Kier molecular flexibility index (Phi) is 4.48. The summed E-state index contributed by atoms with van der Waals surface area (Å²) in [6, 6.07) is 3.86. The molecule has 0 bridgehead atoms. The number of ether oxygens (including phenoxy) is 1. The van der Waals surface area contributed by atoms with Gasteiger partial charge in [-0.3, -0.25) is 4.99 Å². The second kappa shape index (κ2) is 6.28. The summed E-state index contributed by atoms with van der Waals surface area (Å²) in [4.78, 5) is 5.45. The normalized spacial score (nSPS) is 30.0. The Bertz CT molecular complexity index is 847. The molecule has 0 saturated heterocycles. The Morgan fingerprint density at radius 1 is 1.22 bits per heavy atom. The highest BCUT2D eigenvalue weighted by atomic mass is 19.3. The summed E-state index contributed by atoms with van der Waals surface area (Å²) >= 11 is 0. The number of methoxy groups -OCH3 is 1. The van der Waals surface area contributed by atoms with Gasteiger partial charge in [-0.1, -0.05) is 6.08 Å². The summed E-state index contributed by atoms with van der Waals surface area (Å²) in [6.07, 6.45) is 4.10. The maximum atomic E-state index is 14.9. The first-order valence-corrected chi connectivity index (χ1v) is 8.42. The van der Waals surface area contributed by atoms with Gasteiger partial charge in [0, 0.05) is 24.0 Å². The third-order valence-corrected chi connectivity index (χ3v) is 5.05. The summed E-state index contributed by atoms with van der Waals surface area (Å²) in [6.45, 7) is 2.48. The molecule has 0 amide bonds. The zero-order valence-electron chi connectivity index (χ0n) is 15.3. The average molecular weight is 383 g/mol. The van der Waals surface area contributed by atoms with Crippen LogP contribution >= 0.6 is 0 Å². The number of hydrogen-bond donors (Lipinski definition) is 1. The van der Waals surface area contributed by atoms with Gasteiger partial charge in [0.05, 0.1) is 13.5 Å². The number of halogens is 4. The highest BCUT2D eigenvalue weighted by Gasteiger charge is 2.60. The monoisotopic (exact) mass is 383 g/mol. The van der Waals surface area contributed by atoms with Gasteiger partial charge in [-0.25, -0.2) is 17.6 Å². The third-order valence-electron chi connectivity index (χ3n) is 5.05. The predicted octanol–water partition coefficient (Wildman–Crippen LogP) is 4.03. The van der Waals surface area contributed by atoms with Gasteiger partial charge in [-0.15, -0.1) is 0 Å². The fourth-order valence-corrected chi connectivity index (χ4v) is 3.27. The van der Waals surface area contributed by atoms with E-state index in [9.17, 15) is 17.6 Å². The first-order valence-electron chi connectivity index (χ1n) is 8.42. The Labute approximate surface area is 155 Å². The third kappa shape index (κ3) is 3.17. The van der Waals surface area contributed by atoms with Gasteiger partial charge in [-0.2, -0.15) is 0 Å². The van der Waals surface area contributed by atoms with Crippen molar-refractivity contribution in [2.75, 3.05) is 18.6 Å². The van der Waals surface area contributed by atoms with E-state index in [0.717, 1.165) is 19.9 Å². The second-order valence-electron chi connectivity index (χ2n) is 7.10. The molecule has 0 saturated carbocycles. The molecule has 3 rings (SSSR count). The van der Waals surface area contributed by atoms with Crippen molar-refractivity contribution in [2.24, 2.45) is 10.7 Å². The fraction of sp³-hybridized carbons (Fsp3) is 0.421. The van der Waals surface area contributed by atoms with E-state index >= 15 is 0 Å². The molecule has 8 heteroatoms. The number of anilines is 1. The van der Waals surface area contributed by atoms with Crippen molar-refractivity contribution in [3.8, 4) is 0 Å². The Hall–Kier alpha value is -2.51. The molecule has 0 fully saturated rings. The van der Waals surface area contributed by atoms with Crippen molar-refractivity contribution in [3.05, 3.63) is 53.7 Å². The number of benzene rings is 1. The predicted molar refractivity (Wildman–Crippen MR) is 96.0 cm³/mol. The van der Waals surface area contributed by atoms with Crippen LogP contribution in [-0.2, 0) is 10.3 Å². The molecular weight excluding hydrogens is 362 g/mol. The molecular formula is C19H21F4N3O. The molecule has 2 aliphatic heterocycles. The van der Waals surface area contributed by atoms with Crippen LogP contribution in [0.25, 0.3) is 0 Å². The maximum absolute atomic E-state index is 14.9. The highest BCUT2D eigenvalue weighted by molar-refractivity contribution is 5.90. The van der Waals surface area contributed by atoms with E-state index in [-0.39, 0.29) is 5.56 Å². The molecule has 2 atom stereocenters. The largest absolute Gasteiger partial charge is 0.495 e. The summed E-state index contributed by atoms with van der Waals surface area (Å²) in [5.74, 6) is -4.49. The number of nitrogens with zero attached hydrogens (tertiary/aromatic N) is 2. The van der Waals surface area contributed by atoms with E-state index in [0.29, 0.717) is 18.0 Å². The molecule has 0 spiro atoms. The molecule has 2 heterocycles. The number of rotatable bonds is 3. The van der Waals surface area contributed by atoms with Crippen LogP contribution in [0.15, 0.2) is 47.3 Å². The summed E-state index contributed by atoms with van der Waals surface area (Å²) in [5.41, 5.74) is 0.951. The molecule has 0 aliphatic carbocycles. The van der Waals surface area contributed by atoms with Crippen LogP contribution < -0.4 is 10.6 Å². The van der Waals surface area contributed by atoms with Crippen molar-refractivity contribution >= 4 is 11.5 Å². The Morgan fingerprint density at radius 3 is 2.59 bits per heavy atom. The van der Waals surface area contributed by atoms with Gasteiger partial charge in [0.25, 0.3) is 5.92 Å². The van der Waals surface area contributed by atoms with Crippen LogP contribution in [0.5, 0.6) is 0 Å². The minimum Gasteiger partial charge on any atom is -0.495 e. The van der Waals surface area contributed by atoms with Crippen molar-refractivity contribution in [2.45, 2.75) is 37.4 Å². The van der Waals surface area contributed by atoms with Gasteiger partial charge in [-0.05, 0) is 38.1 Å². The molecule has 2 aliphatic rings. The first-order chi connectivity index (χ1) is 12.5. The molecule has 4 nitrogen and oxygen atoms in total. The molecule has 0 aromatic heterocycles. The Morgan fingerprint density at radius 2 is 1.93 bits per heavy atom. The van der Waals surface area contributed by atoms with Gasteiger partial charge >= 0.3 is 0 Å². The zero-order valence-corrected chi connectivity index (χ0v) is 15.3. The van der Waals surface area contributed by atoms with E-state index in [2.05, 4.69) is 4.99 Å². The molecule has 1 aromatic rings. The van der Waals surface area contributed by atoms with E-state index in [1.54, 1.807) is 17.2 Å². The number of amidine groups is 1. The number of alkyl halides is 3. The molecule has 146 valence electrons. The van der Waals surface area contributed by atoms with Gasteiger partial charge in [0.1, 0.15) is 17.4 Å². The van der Waals surface area contributed by atoms with Gasteiger partial charge < -0.3 is 15.4 Å². The van der Waals surface area contributed by atoms with Gasteiger partial charge in [0.2, 0.25) is 0 Å². The summed E-state index contributed by atoms with van der Waals surface area (Å²) < 4.78 is 63.7. The number of allylic oxidation sites excluding steroid dienone is 1. The van der Waals surface area contributed by atoms with E-state index in [4.69, 9.17) is 10.5 Å². The van der Waals surface area contributed by atoms with Crippen LogP contribution in [-0.4, -0.2) is 31.1 Å². The fourth-order valence-electron chi connectivity index (χ4n) is 3.27. The van der Waals surface area contributed by atoms with E-state index < -0.39 is 35.2 Å². The van der Waals surface area contributed by atoms with Crippen molar-refractivity contribution in [1.29, 1.82) is 0 Å². The minimum absolute atomic E-state index is 0.342. The molecule has 1 aromatic carbocycles. The highest BCUT2D eigenvalue weighted by Crippen LogP contribution is 2.50. The van der Waals surface area contributed by atoms with Crippen LogP contribution in [0.3, 0.4) is 0 Å². The lowest BCUT2D eigenvalue weighted by Crippen LogP contribution is -2.56. The van der Waals surface area contributed by atoms with Crippen LogP contribution in [0.4, 0.5) is 23.2 Å². The van der Waals surface area contributed by atoms with Crippen LogP contribution in [0, 0.1) is 5.82 Å². The van der Waals surface area contributed by atoms with Gasteiger partial charge in [0.15, 0.2) is 11.2 Å². The summed E-state index contributed by atoms with van der Waals surface area (Å²) in [5, 5.41) is 0. The SMILES string of the molecule is COC1=CN(c2ccc(F)c([C@@]3(C)N=C(N)[C@@](C)(F)CC3(F)F)c2)CC=C1. The molecule has 0 unspecified atom stereocenters. The van der Waals surface area contributed by atoms with Crippen molar-refractivity contribution in [3.63, 3.8) is 0 Å². The number of aliphatic imine (C=N–C) groups is 1. The molecule has 27 heavy (non-hydrogen) atoms. The van der Waals surface area contributed by atoms with Crippen LogP contribution in [0.2, 0.25) is 0 Å². The summed E-state index contributed by atoms with van der Waals surface area (Å²) in [7, 11) is 1.50. The van der Waals surface area contributed by atoms with Crippen molar-refractivity contribution < 1.29 is 22.3 Å². The van der Waals surface area contributed by atoms with Crippen LogP contribution in [0.1, 0.15) is 25.8 Å². The first kappa shape index (κ1) is 19.3. The van der Waals surface area contributed by atoms with E-state index in [1.165, 1.54) is 19.2 Å². The smallest absolute Gasteiger partial charge is 0.280 e. The average Bonchev–Trinajstić information content (AvgIpc) is 2.60. The lowest BCUT2D eigenvalue weighted by Gasteiger charge is -2.42. The topological polar surface area (TPSA) is 50.8 Å². The maximum Gasteiger partial charge on any atom is 0.280 e. The minimum atomic E-state index is -3.63. The Balaban J connectivity index is 2.10.